The molecule has 8 nitrogen and oxygen atoms in total. The molecular formula is C18H17BrClN3O5. The van der Waals surface area contributed by atoms with Gasteiger partial charge in [-0.1, -0.05) is 11.6 Å². The number of carbonyl (C=O) groups excluding carboxylic acids is 1. The van der Waals surface area contributed by atoms with Crippen molar-refractivity contribution in [3.63, 3.8) is 0 Å². The van der Waals surface area contributed by atoms with Crippen LogP contribution in [0.25, 0.3) is 0 Å². The fraction of sp³-hybridized carbons (Fsp3) is 0.167. The molecule has 1 amide bonds. The molecule has 3 N–H and O–H groups in total. The number of carboxylic acids is 1. The van der Waals surface area contributed by atoms with Crippen LogP contribution < -0.4 is 20.2 Å². The number of ether oxygens (including phenoxy) is 2. The van der Waals surface area contributed by atoms with Gasteiger partial charge in [0, 0.05) is 20.7 Å². The molecular weight excluding hydrogens is 454 g/mol. The van der Waals surface area contributed by atoms with E-state index < -0.39 is 11.9 Å². The molecule has 28 heavy (non-hydrogen) atoms. The Morgan fingerprint density at radius 2 is 2.00 bits per heavy atom. The summed E-state index contributed by atoms with van der Waals surface area (Å²) in [7, 11) is 2.75. The van der Waals surface area contributed by atoms with Crippen molar-refractivity contribution in [1.82, 2.24) is 5.43 Å². The van der Waals surface area contributed by atoms with E-state index in [0.717, 1.165) is 0 Å². The monoisotopic (exact) mass is 469 g/mol. The van der Waals surface area contributed by atoms with Crippen LogP contribution >= 0.6 is 27.5 Å². The number of hydrogen-bond acceptors (Lipinski definition) is 6. The third kappa shape index (κ3) is 5.37. The molecule has 0 spiro atoms. The van der Waals surface area contributed by atoms with Gasteiger partial charge in [-0.05, 0) is 46.3 Å². The van der Waals surface area contributed by atoms with Gasteiger partial charge >= 0.3 is 5.97 Å². The van der Waals surface area contributed by atoms with Crippen molar-refractivity contribution >= 4 is 51.3 Å². The molecule has 0 aromatic heterocycles. The number of rotatable bonds is 8. The van der Waals surface area contributed by atoms with Crippen LogP contribution in [-0.4, -0.2) is 44.0 Å². The summed E-state index contributed by atoms with van der Waals surface area (Å²) in [6.07, 6.45) is 1.22. The minimum Gasteiger partial charge on any atom is -0.493 e. The van der Waals surface area contributed by atoms with Crippen LogP contribution in [0.2, 0.25) is 5.02 Å². The molecule has 0 heterocycles. The van der Waals surface area contributed by atoms with Crippen LogP contribution in [0.1, 0.15) is 15.9 Å². The predicted molar refractivity (Wildman–Crippen MR) is 110 cm³/mol. The Morgan fingerprint density at radius 3 is 2.61 bits per heavy atom. The van der Waals surface area contributed by atoms with Gasteiger partial charge in [-0.25, -0.2) is 10.2 Å². The normalized spacial score (nSPS) is 10.6. The van der Waals surface area contributed by atoms with Crippen molar-refractivity contribution < 1.29 is 24.2 Å². The van der Waals surface area contributed by atoms with Gasteiger partial charge in [-0.3, -0.25) is 4.79 Å². The highest BCUT2D eigenvalue weighted by molar-refractivity contribution is 9.10. The lowest BCUT2D eigenvalue weighted by molar-refractivity contribution is -0.119. The zero-order valence-corrected chi connectivity index (χ0v) is 17.3. The number of hydrazone groups is 1. The van der Waals surface area contributed by atoms with E-state index in [-0.39, 0.29) is 29.2 Å². The summed E-state index contributed by atoms with van der Waals surface area (Å²) >= 11 is 9.21. The largest absolute Gasteiger partial charge is 0.493 e. The summed E-state index contributed by atoms with van der Waals surface area (Å²) in [6.45, 7) is -0.0463. The number of amides is 1. The molecule has 0 aliphatic heterocycles. The van der Waals surface area contributed by atoms with Crippen LogP contribution in [0.4, 0.5) is 5.69 Å². The Hall–Kier alpha value is -2.78. The van der Waals surface area contributed by atoms with E-state index in [0.29, 0.717) is 15.2 Å². The number of carbonyl (C=O) groups is 2. The van der Waals surface area contributed by atoms with Gasteiger partial charge < -0.3 is 19.9 Å². The first kappa shape index (κ1) is 21.5. The number of hydrogen-bond donors (Lipinski definition) is 3. The summed E-state index contributed by atoms with van der Waals surface area (Å²) in [4.78, 5) is 23.5. The maximum Gasteiger partial charge on any atom is 0.340 e. The number of carboxylic acid groups (broad SMARTS) is 1. The average Bonchev–Trinajstić information content (AvgIpc) is 2.66. The van der Waals surface area contributed by atoms with Gasteiger partial charge in [0.05, 0.1) is 27.0 Å². The highest BCUT2D eigenvalue weighted by Crippen LogP contribution is 2.32. The summed E-state index contributed by atoms with van der Waals surface area (Å²) in [5.74, 6) is -1.29. The van der Waals surface area contributed by atoms with Gasteiger partial charge in [0.25, 0.3) is 5.91 Å². The fourth-order valence-corrected chi connectivity index (χ4v) is 3.11. The summed E-state index contributed by atoms with van der Waals surface area (Å²) in [6, 6.07) is 8.17. The van der Waals surface area contributed by atoms with Gasteiger partial charge in [0.2, 0.25) is 0 Å². The second-order valence-corrected chi connectivity index (χ2v) is 6.63. The molecule has 0 aliphatic rings. The lowest BCUT2D eigenvalue weighted by atomic mass is 10.1. The number of benzene rings is 2. The molecule has 0 saturated carbocycles. The van der Waals surface area contributed by atoms with E-state index >= 15 is 0 Å². The molecule has 0 saturated heterocycles. The van der Waals surface area contributed by atoms with Gasteiger partial charge in [0.1, 0.15) is 5.56 Å². The zero-order chi connectivity index (χ0) is 20.7. The first-order valence-electron chi connectivity index (χ1n) is 7.86. The number of nitrogens with zero attached hydrogens (tertiary/aromatic N) is 1. The Morgan fingerprint density at radius 1 is 1.25 bits per heavy atom. The Bertz CT molecular complexity index is 920. The molecule has 0 unspecified atom stereocenters. The van der Waals surface area contributed by atoms with E-state index in [2.05, 4.69) is 31.8 Å². The second-order valence-electron chi connectivity index (χ2n) is 5.34. The standard InChI is InChI=1S/C18H17BrClN3O5/c1-27-14-6-3-10(16(18(25)26)17(14)28-2)8-22-23-15(24)9-21-13-5-4-11(20)7-12(13)19/h3-8,21H,9H2,1-2H3,(H,23,24)(H,25,26)/b22-8-. The molecule has 0 aliphatic carbocycles. The summed E-state index contributed by atoms with van der Waals surface area (Å²) in [5.41, 5.74) is 3.14. The van der Waals surface area contributed by atoms with Crippen LogP contribution in [-0.2, 0) is 4.79 Å². The van der Waals surface area contributed by atoms with E-state index in [9.17, 15) is 14.7 Å². The summed E-state index contributed by atoms with van der Waals surface area (Å²) < 4.78 is 10.9. The number of aromatic carboxylic acids is 1. The first-order valence-corrected chi connectivity index (χ1v) is 9.03. The quantitative estimate of drug-likeness (QED) is 0.403. The molecule has 0 radical (unpaired) electrons. The first-order chi connectivity index (χ1) is 13.4. The van der Waals surface area contributed by atoms with Crippen LogP contribution in [0.5, 0.6) is 11.5 Å². The molecule has 0 atom stereocenters. The third-order valence-corrected chi connectivity index (χ3v) is 4.45. The van der Waals surface area contributed by atoms with E-state index in [1.54, 1.807) is 24.3 Å². The van der Waals surface area contributed by atoms with Crippen molar-refractivity contribution in [3.05, 3.63) is 51.0 Å². The van der Waals surface area contributed by atoms with E-state index in [1.807, 2.05) is 0 Å². The SMILES string of the molecule is COc1ccc(/C=N\NC(=O)CNc2ccc(Cl)cc2Br)c(C(=O)O)c1OC. The molecule has 0 bridgehead atoms. The van der Waals surface area contributed by atoms with Crippen molar-refractivity contribution in [3.8, 4) is 11.5 Å². The van der Waals surface area contributed by atoms with Crippen molar-refractivity contribution in [2.45, 2.75) is 0 Å². The second kappa shape index (κ2) is 9.95. The predicted octanol–water partition coefficient (Wildman–Crippen LogP) is 3.38. The Balaban J connectivity index is 2.05. The fourth-order valence-electron chi connectivity index (χ4n) is 2.29. The molecule has 2 rings (SSSR count). The molecule has 10 heteroatoms. The minimum atomic E-state index is -1.21. The maximum atomic E-state index is 11.9. The van der Waals surface area contributed by atoms with Crippen LogP contribution in [0, 0.1) is 0 Å². The summed E-state index contributed by atoms with van der Waals surface area (Å²) in [5, 5.41) is 16.8. The topological polar surface area (TPSA) is 109 Å². The highest BCUT2D eigenvalue weighted by atomic mass is 79.9. The van der Waals surface area contributed by atoms with Crippen LogP contribution in [0.15, 0.2) is 39.9 Å². The Kier molecular flexibility index (Phi) is 7.65. The lowest BCUT2D eigenvalue weighted by Crippen LogP contribution is -2.26. The minimum absolute atomic E-state index is 0.0463. The number of halogens is 2. The van der Waals surface area contributed by atoms with E-state index in [4.69, 9.17) is 21.1 Å². The van der Waals surface area contributed by atoms with Crippen molar-refractivity contribution in [1.29, 1.82) is 0 Å². The van der Waals surface area contributed by atoms with Crippen LogP contribution in [0.3, 0.4) is 0 Å². The smallest absolute Gasteiger partial charge is 0.340 e. The number of anilines is 1. The van der Waals surface area contributed by atoms with Crippen molar-refractivity contribution in [2.24, 2.45) is 5.10 Å². The molecule has 2 aromatic carbocycles. The average molecular weight is 471 g/mol. The van der Waals surface area contributed by atoms with Gasteiger partial charge in [0.15, 0.2) is 11.5 Å². The van der Waals surface area contributed by atoms with E-state index in [1.165, 1.54) is 26.5 Å². The molecule has 2 aromatic rings. The highest BCUT2D eigenvalue weighted by Gasteiger charge is 2.20. The van der Waals surface area contributed by atoms with Crippen molar-refractivity contribution in [2.75, 3.05) is 26.1 Å². The number of methoxy groups -OCH3 is 2. The third-order valence-electron chi connectivity index (χ3n) is 3.56. The zero-order valence-electron chi connectivity index (χ0n) is 15.0. The van der Waals surface area contributed by atoms with Gasteiger partial charge in [-0.15, -0.1) is 0 Å². The maximum absolute atomic E-state index is 11.9. The Labute approximate surface area is 174 Å². The molecule has 0 fully saturated rings. The number of nitrogens with one attached hydrogen (secondary N) is 2. The lowest BCUT2D eigenvalue weighted by Gasteiger charge is -2.12. The van der Waals surface area contributed by atoms with Gasteiger partial charge in [-0.2, -0.15) is 5.10 Å². The molecule has 148 valence electrons.